The SMILES string of the molecule is CC(=O)c1cccc(NC(=O)C(C)(C)CN)c1. The van der Waals surface area contributed by atoms with E-state index in [1.165, 1.54) is 6.92 Å². The molecule has 0 radical (unpaired) electrons. The van der Waals surface area contributed by atoms with Crippen LogP contribution in [0.5, 0.6) is 0 Å². The van der Waals surface area contributed by atoms with Gasteiger partial charge in [-0.05, 0) is 32.9 Å². The van der Waals surface area contributed by atoms with E-state index in [-0.39, 0.29) is 18.2 Å². The van der Waals surface area contributed by atoms with Gasteiger partial charge in [0, 0.05) is 17.8 Å². The van der Waals surface area contributed by atoms with Crippen LogP contribution in [0.4, 0.5) is 5.69 Å². The van der Waals surface area contributed by atoms with Crippen molar-refractivity contribution in [3.63, 3.8) is 0 Å². The Bertz CT molecular complexity index is 439. The molecule has 0 aliphatic carbocycles. The molecule has 0 aliphatic rings. The summed E-state index contributed by atoms with van der Waals surface area (Å²) in [7, 11) is 0. The Balaban J connectivity index is 2.86. The van der Waals surface area contributed by atoms with Crippen molar-refractivity contribution in [2.75, 3.05) is 11.9 Å². The minimum absolute atomic E-state index is 0.0285. The van der Waals surface area contributed by atoms with Gasteiger partial charge in [0.15, 0.2) is 5.78 Å². The van der Waals surface area contributed by atoms with Crippen molar-refractivity contribution in [2.24, 2.45) is 11.1 Å². The first-order valence-electron chi connectivity index (χ1n) is 5.49. The zero-order valence-corrected chi connectivity index (χ0v) is 10.4. The molecule has 0 spiro atoms. The molecule has 1 amide bonds. The van der Waals surface area contributed by atoms with Crippen molar-refractivity contribution >= 4 is 17.4 Å². The second kappa shape index (κ2) is 5.10. The number of rotatable bonds is 4. The summed E-state index contributed by atoms with van der Waals surface area (Å²) in [4.78, 5) is 23.1. The molecule has 0 saturated carbocycles. The molecule has 1 rings (SSSR count). The topological polar surface area (TPSA) is 72.2 Å². The Kier molecular flexibility index (Phi) is 4.02. The quantitative estimate of drug-likeness (QED) is 0.780. The predicted molar refractivity (Wildman–Crippen MR) is 67.9 cm³/mol. The summed E-state index contributed by atoms with van der Waals surface area (Å²) in [5, 5.41) is 2.76. The highest BCUT2D eigenvalue weighted by molar-refractivity contribution is 5.98. The van der Waals surface area contributed by atoms with E-state index in [0.717, 1.165) is 0 Å². The summed E-state index contributed by atoms with van der Waals surface area (Å²) in [6.07, 6.45) is 0. The first-order valence-corrected chi connectivity index (χ1v) is 5.49. The molecule has 0 atom stereocenters. The first-order chi connectivity index (χ1) is 7.86. The summed E-state index contributed by atoms with van der Waals surface area (Å²) >= 11 is 0. The van der Waals surface area contributed by atoms with E-state index >= 15 is 0 Å². The second-order valence-electron chi connectivity index (χ2n) is 4.68. The van der Waals surface area contributed by atoms with Crippen LogP contribution >= 0.6 is 0 Å². The van der Waals surface area contributed by atoms with Crippen molar-refractivity contribution in [1.29, 1.82) is 0 Å². The van der Waals surface area contributed by atoms with Crippen LogP contribution in [0, 0.1) is 5.41 Å². The highest BCUT2D eigenvalue weighted by Crippen LogP contribution is 2.18. The molecular formula is C13H18N2O2. The average molecular weight is 234 g/mol. The average Bonchev–Trinajstić information content (AvgIpc) is 2.29. The molecule has 0 aromatic heterocycles. The molecule has 4 heteroatoms. The summed E-state index contributed by atoms with van der Waals surface area (Å²) < 4.78 is 0. The van der Waals surface area contributed by atoms with Gasteiger partial charge in [-0.15, -0.1) is 0 Å². The summed E-state index contributed by atoms with van der Waals surface area (Å²) in [5.74, 6) is -0.181. The number of hydrogen-bond acceptors (Lipinski definition) is 3. The third-order valence-electron chi connectivity index (χ3n) is 2.65. The van der Waals surface area contributed by atoms with Crippen LogP contribution < -0.4 is 11.1 Å². The minimum atomic E-state index is -0.619. The molecule has 0 saturated heterocycles. The third-order valence-corrected chi connectivity index (χ3v) is 2.65. The fourth-order valence-corrected chi connectivity index (χ4v) is 1.21. The van der Waals surface area contributed by atoms with Crippen molar-refractivity contribution in [3.8, 4) is 0 Å². The molecule has 17 heavy (non-hydrogen) atoms. The normalized spacial score (nSPS) is 11.1. The van der Waals surface area contributed by atoms with Crippen LogP contribution in [-0.2, 0) is 4.79 Å². The lowest BCUT2D eigenvalue weighted by Gasteiger charge is -2.21. The van der Waals surface area contributed by atoms with Gasteiger partial charge in [-0.2, -0.15) is 0 Å². The predicted octanol–water partition coefficient (Wildman–Crippen LogP) is 1.81. The zero-order valence-electron chi connectivity index (χ0n) is 10.4. The maximum absolute atomic E-state index is 11.9. The minimum Gasteiger partial charge on any atom is -0.329 e. The molecule has 3 N–H and O–H groups in total. The molecule has 1 aromatic rings. The van der Waals surface area contributed by atoms with Crippen LogP contribution in [0.2, 0.25) is 0 Å². The number of carbonyl (C=O) groups excluding carboxylic acids is 2. The smallest absolute Gasteiger partial charge is 0.231 e. The zero-order chi connectivity index (χ0) is 13.1. The maximum atomic E-state index is 11.9. The molecule has 0 bridgehead atoms. The van der Waals surface area contributed by atoms with Crippen LogP contribution in [0.25, 0.3) is 0 Å². The van der Waals surface area contributed by atoms with E-state index in [1.54, 1.807) is 38.1 Å². The molecule has 0 heterocycles. The van der Waals surface area contributed by atoms with Crippen LogP contribution in [0.1, 0.15) is 31.1 Å². The lowest BCUT2D eigenvalue weighted by atomic mass is 9.92. The number of Topliss-reactive ketones (excluding diaryl/α,β-unsaturated/α-hetero) is 1. The number of benzene rings is 1. The van der Waals surface area contributed by atoms with Crippen molar-refractivity contribution in [2.45, 2.75) is 20.8 Å². The van der Waals surface area contributed by atoms with Gasteiger partial charge in [0.1, 0.15) is 0 Å². The number of amides is 1. The van der Waals surface area contributed by atoms with Crippen LogP contribution in [0.15, 0.2) is 24.3 Å². The Morgan fingerprint density at radius 3 is 2.53 bits per heavy atom. The molecule has 0 fully saturated rings. The fraction of sp³-hybridized carbons (Fsp3) is 0.385. The van der Waals surface area contributed by atoms with E-state index in [4.69, 9.17) is 5.73 Å². The van der Waals surface area contributed by atoms with E-state index in [1.807, 2.05) is 0 Å². The number of carbonyl (C=O) groups is 2. The molecule has 0 aliphatic heterocycles. The van der Waals surface area contributed by atoms with Crippen LogP contribution in [-0.4, -0.2) is 18.2 Å². The molecule has 0 unspecified atom stereocenters. The lowest BCUT2D eigenvalue weighted by Crippen LogP contribution is -2.37. The molecule has 1 aromatic carbocycles. The highest BCUT2D eigenvalue weighted by Gasteiger charge is 2.25. The first kappa shape index (κ1) is 13.4. The van der Waals surface area contributed by atoms with E-state index in [2.05, 4.69) is 5.32 Å². The van der Waals surface area contributed by atoms with Gasteiger partial charge in [0.05, 0.1) is 5.41 Å². The van der Waals surface area contributed by atoms with Gasteiger partial charge < -0.3 is 11.1 Å². The number of hydrogen-bond donors (Lipinski definition) is 2. The standard InChI is InChI=1S/C13H18N2O2/c1-9(16)10-5-4-6-11(7-10)15-12(17)13(2,3)8-14/h4-7H,8,14H2,1-3H3,(H,15,17). The van der Waals surface area contributed by atoms with Crippen molar-refractivity contribution in [1.82, 2.24) is 0 Å². The van der Waals surface area contributed by atoms with E-state index < -0.39 is 5.41 Å². The van der Waals surface area contributed by atoms with Gasteiger partial charge in [-0.3, -0.25) is 9.59 Å². The fourth-order valence-electron chi connectivity index (χ4n) is 1.21. The van der Waals surface area contributed by atoms with E-state index in [0.29, 0.717) is 11.3 Å². The number of ketones is 1. The highest BCUT2D eigenvalue weighted by atomic mass is 16.2. The third kappa shape index (κ3) is 3.39. The van der Waals surface area contributed by atoms with Gasteiger partial charge in [0.2, 0.25) is 5.91 Å². The summed E-state index contributed by atoms with van der Waals surface area (Å²) in [6, 6.07) is 6.86. The van der Waals surface area contributed by atoms with Crippen LogP contribution in [0.3, 0.4) is 0 Å². The van der Waals surface area contributed by atoms with Gasteiger partial charge >= 0.3 is 0 Å². The van der Waals surface area contributed by atoms with Gasteiger partial charge in [0.25, 0.3) is 0 Å². The molecule has 4 nitrogen and oxygen atoms in total. The van der Waals surface area contributed by atoms with Crippen molar-refractivity contribution < 1.29 is 9.59 Å². The summed E-state index contributed by atoms with van der Waals surface area (Å²) in [6.45, 7) is 5.31. The largest absolute Gasteiger partial charge is 0.329 e. The Morgan fingerprint density at radius 2 is 2.00 bits per heavy atom. The second-order valence-corrected chi connectivity index (χ2v) is 4.68. The Labute approximate surface area is 101 Å². The molecular weight excluding hydrogens is 216 g/mol. The maximum Gasteiger partial charge on any atom is 0.231 e. The Morgan fingerprint density at radius 1 is 1.35 bits per heavy atom. The van der Waals surface area contributed by atoms with Crippen molar-refractivity contribution in [3.05, 3.63) is 29.8 Å². The molecule has 92 valence electrons. The monoisotopic (exact) mass is 234 g/mol. The lowest BCUT2D eigenvalue weighted by molar-refractivity contribution is -0.123. The number of nitrogens with two attached hydrogens (primary N) is 1. The van der Waals surface area contributed by atoms with Gasteiger partial charge in [-0.1, -0.05) is 12.1 Å². The number of anilines is 1. The number of nitrogens with one attached hydrogen (secondary N) is 1. The summed E-state index contributed by atoms with van der Waals surface area (Å²) in [5.41, 5.74) is 6.10. The van der Waals surface area contributed by atoms with Gasteiger partial charge in [-0.25, -0.2) is 0 Å². The van der Waals surface area contributed by atoms with E-state index in [9.17, 15) is 9.59 Å². The Hall–Kier alpha value is -1.68.